The van der Waals surface area contributed by atoms with Crippen LogP contribution >= 0.6 is 23.2 Å². The maximum Gasteiger partial charge on any atom is 0.123 e. The van der Waals surface area contributed by atoms with E-state index in [-0.39, 0.29) is 11.2 Å². The Morgan fingerprint density at radius 2 is 2.17 bits per heavy atom. The quantitative estimate of drug-likeness (QED) is 0.649. The second-order valence-electron chi connectivity index (χ2n) is 2.72. The fraction of sp³-hybridized carbons (Fsp3) is 0.333. The Morgan fingerprint density at radius 1 is 1.50 bits per heavy atom. The summed E-state index contributed by atoms with van der Waals surface area (Å²) in [6.07, 6.45) is 0.595. The average molecular weight is 207 g/mol. The van der Waals surface area contributed by atoms with Crippen LogP contribution in [0.2, 0.25) is 5.02 Å². The lowest BCUT2D eigenvalue weighted by Gasteiger charge is -2.05. The van der Waals surface area contributed by atoms with Crippen molar-refractivity contribution < 1.29 is 4.39 Å². The van der Waals surface area contributed by atoms with Crippen molar-refractivity contribution in [3.63, 3.8) is 0 Å². The van der Waals surface area contributed by atoms with E-state index in [1.54, 1.807) is 6.07 Å². The summed E-state index contributed by atoms with van der Waals surface area (Å²) in [5.41, 5.74) is 0.763. The van der Waals surface area contributed by atoms with Crippen molar-refractivity contribution in [1.29, 1.82) is 0 Å². The Bertz CT molecular complexity index is 271. The molecule has 3 heteroatoms. The van der Waals surface area contributed by atoms with E-state index in [4.69, 9.17) is 23.2 Å². The molecule has 66 valence electrons. The molecule has 12 heavy (non-hydrogen) atoms. The van der Waals surface area contributed by atoms with Gasteiger partial charge in [0.15, 0.2) is 0 Å². The Hall–Kier alpha value is -0.270. The molecule has 0 aliphatic rings. The molecule has 0 N–H and O–H groups in total. The maximum absolute atomic E-state index is 12.7. The van der Waals surface area contributed by atoms with Crippen LogP contribution in [0.4, 0.5) is 4.39 Å². The summed E-state index contributed by atoms with van der Waals surface area (Å²) in [6.45, 7) is 1.85. The highest BCUT2D eigenvalue weighted by molar-refractivity contribution is 6.31. The monoisotopic (exact) mass is 206 g/mol. The van der Waals surface area contributed by atoms with Crippen molar-refractivity contribution in [1.82, 2.24) is 0 Å². The molecule has 0 bridgehead atoms. The summed E-state index contributed by atoms with van der Waals surface area (Å²) in [5, 5.41) is 0.549. The molecule has 0 saturated heterocycles. The number of hydrogen-bond acceptors (Lipinski definition) is 0. The van der Waals surface area contributed by atoms with Gasteiger partial charge in [-0.2, -0.15) is 0 Å². The molecule has 0 nitrogen and oxygen atoms in total. The van der Waals surface area contributed by atoms with Crippen LogP contribution in [0.1, 0.15) is 12.5 Å². The summed E-state index contributed by atoms with van der Waals surface area (Å²) < 4.78 is 12.7. The van der Waals surface area contributed by atoms with Crippen LogP contribution in [0.3, 0.4) is 0 Å². The SMILES string of the molecule is CC(Cl)Cc1cc(F)ccc1Cl. The summed E-state index contributed by atoms with van der Waals surface area (Å²) >= 11 is 11.6. The van der Waals surface area contributed by atoms with Gasteiger partial charge in [0.1, 0.15) is 5.82 Å². The number of rotatable bonds is 2. The minimum absolute atomic E-state index is 0.0238. The van der Waals surface area contributed by atoms with Crippen LogP contribution in [0, 0.1) is 5.82 Å². The largest absolute Gasteiger partial charge is 0.207 e. The summed E-state index contributed by atoms with van der Waals surface area (Å²) in [4.78, 5) is 0. The zero-order chi connectivity index (χ0) is 9.14. The first-order valence-electron chi connectivity index (χ1n) is 3.67. The van der Waals surface area contributed by atoms with Crippen LogP contribution in [0.25, 0.3) is 0 Å². The van der Waals surface area contributed by atoms with E-state index in [1.807, 2.05) is 6.92 Å². The standard InChI is InChI=1S/C9H9Cl2F/c1-6(10)4-7-5-8(12)2-3-9(7)11/h2-3,5-6H,4H2,1H3. The molecule has 0 aliphatic heterocycles. The molecule has 0 fully saturated rings. The highest BCUT2D eigenvalue weighted by atomic mass is 35.5. The van der Waals surface area contributed by atoms with Crippen molar-refractivity contribution in [3.8, 4) is 0 Å². The van der Waals surface area contributed by atoms with E-state index in [2.05, 4.69) is 0 Å². The normalized spacial score (nSPS) is 13.0. The molecule has 0 spiro atoms. The minimum Gasteiger partial charge on any atom is -0.207 e. The Balaban J connectivity index is 2.90. The third-order valence-corrected chi connectivity index (χ3v) is 2.03. The molecule has 1 unspecified atom stereocenters. The van der Waals surface area contributed by atoms with E-state index in [0.29, 0.717) is 11.4 Å². The van der Waals surface area contributed by atoms with Gasteiger partial charge in [0.05, 0.1) is 0 Å². The average Bonchev–Trinajstić information content (AvgIpc) is 1.96. The van der Waals surface area contributed by atoms with Crippen molar-refractivity contribution in [3.05, 3.63) is 34.6 Å². The third kappa shape index (κ3) is 2.65. The zero-order valence-electron chi connectivity index (χ0n) is 6.65. The van der Waals surface area contributed by atoms with Crippen LogP contribution in [-0.2, 0) is 6.42 Å². The highest BCUT2D eigenvalue weighted by Crippen LogP contribution is 2.19. The first-order chi connectivity index (χ1) is 5.59. The molecule has 0 saturated carbocycles. The van der Waals surface area contributed by atoms with Gasteiger partial charge in [-0.1, -0.05) is 11.6 Å². The maximum atomic E-state index is 12.7. The van der Waals surface area contributed by atoms with Crippen LogP contribution in [0.5, 0.6) is 0 Å². The smallest absolute Gasteiger partial charge is 0.123 e. The van der Waals surface area contributed by atoms with Crippen LogP contribution < -0.4 is 0 Å². The molecule has 1 aromatic rings. The molecule has 0 aromatic heterocycles. The van der Waals surface area contributed by atoms with Crippen LogP contribution in [0.15, 0.2) is 18.2 Å². The second-order valence-corrected chi connectivity index (χ2v) is 3.87. The van der Waals surface area contributed by atoms with Crippen LogP contribution in [-0.4, -0.2) is 5.38 Å². The lowest BCUT2D eigenvalue weighted by atomic mass is 10.1. The molecule has 0 heterocycles. The minimum atomic E-state index is -0.272. The predicted octanol–water partition coefficient (Wildman–Crippen LogP) is 3.65. The van der Waals surface area contributed by atoms with Gasteiger partial charge >= 0.3 is 0 Å². The number of halogens is 3. The molecule has 1 aromatic carbocycles. The van der Waals surface area contributed by atoms with Crippen molar-refractivity contribution in [2.75, 3.05) is 0 Å². The van der Waals surface area contributed by atoms with E-state index in [1.165, 1.54) is 12.1 Å². The van der Waals surface area contributed by atoms with Gasteiger partial charge in [0.2, 0.25) is 0 Å². The topological polar surface area (TPSA) is 0 Å². The fourth-order valence-electron chi connectivity index (χ4n) is 1.00. The Kier molecular flexibility index (Phi) is 3.36. The van der Waals surface area contributed by atoms with Crippen molar-refractivity contribution in [2.45, 2.75) is 18.7 Å². The van der Waals surface area contributed by atoms with Gasteiger partial charge in [0, 0.05) is 10.4 Å². The van der Waals surface area contributed by atoms with E-state index < -0.39 is 0 Å². The van der Waals surface area contributed by atoms with Crippen molar-refractivity contribution >= 4 is 23.2 Å². The van der Waals surface area contributed by atoms with E-state index in [0.717, 1.165) is 5.56 Å². The fourth-order valence-corrected chi connectivity index (χ4v) is 1.36. The zero-order valence-corrected chi connectivity index (χ0v) is 8.16. The van der Waals surface area contributed by atoms with Gasteiger partial charge in [-0.15, -0.1) is 11.6 Å². The van der Waals surface area contributed by atoms with Gasteiger partial charge < -0.3 is 0 Å². The van der Waals surface area contributed by atoms with Gasteiger partial charge in [0.25, 0.3) is 0 Å². The predicted molar refractivity (Wildman–Crippen MR) is 50.4 cm³/mol. The molecule has 1 rings (SSSR count). The molecular formula is C9H9Cl2F. The molecule has 0 aliphatic carbocycles. The Labute approximate surface area is 81.3 Å². The first kappa shape index (κ1) is 9.82. The van der Waals surface area contributed by atoms with E-state index in [9.17, 15) is 4.39 Å². The Morgan fingerprint density at radius 3 is 2.75 bits per heavy atom. The highest BCUT2D eigenvalue weighted by Gasteiger charge is 2.04. The lowest BCUT2D eigenvalue weighted by Crippen LogP contribution is -1.98. The number of hydrogen-bond donors (Lipinski definition) is 0. The number of alkyl halides is 1. The molecule has 0 radical (unpaired) electrons. The first-order valence-corrected chi connectivity index (χ1v) is 4.49. The summed E-state index contributed by atoms with van der Waals surface area (Å²) in [5.74, 6) is -0.272. The van der Waals surface area contributed by atoms with Gasteiger partial charge in [-0.3, -0.25) is 0 Å². The molecule has 0 amide bonds. The summed E-state index contributed by atoms with van der Waals surface area (Å²) in [7, 11) is 0. The third-order valence-electron chi connectivity index (χ3n) is 1.51. The summed E-state index contributed by atoms with van der Waals surface area (Å²) in [6, 6.07) is 4.30. The van der Waals surface area contributed by atoms with Gasteiger partial charge in [-0.25, -0.2) is 4.39 Å². The lowest BCUT2D eigenvalue weighted by molar-refractivity contribution is 0.625. The van der Waals surface area contributed by atoms with Gasteiger partial charge in [-0.05, 0) is 37.1 Å². The second kappa shape index (κ2) is 4.11. The molecule has 1 atom stereocenters. The van der Waals surface area contributed by atoms with E-state index >= 15 is 0 Å². The number of benzene rings is 1. The van der Waals surface area contributed by atoms with Crippen molar-refractivity contribution in [2.24, 2.45) is 0 Å². The molecular weight excluding hydrogens is 198 g/mol.